The van der Waals surface area contributed by atoms with Crippen LogP contribution in [0.25, 0.3) is 5.13 Å². The van der Waals surface area contributed by atoms with Crippen molar-refractivity contribution in [2.24, 2.45) is 0 Å². The van der Waals surface area contributed by atoms with Gasteiger partial charge in [0.1, 0.15) is 17.5 Å². The molecular weight excluding hydrogens is 276 g/mol. The van der Waals surface area contributed by atoms with Crippen LogP contribution in [0.4, 0.5) is 11.6 Å². The molecule has 0 amide bonds. The predicted octanol–water partition coefficient (Wildman–Crippen LogP) is 1.37. The molecule has 0 saturated carbocycles. The summed E-state index contributed by atoms with van der Waals surface area (Å²) in [6.45, 7) is 1.45. The molecule has 3 heterocycles. The first-order valence-electron chi connectivity index (χ1n) is 6.32. The number of nitrogens with one attached hydrogen (secondary N) is 1. The molecule has 0 radical (unpaired) electrons. The lowest BCUT2D eigenvalue weighted by Gasteiger charge is -2.22. The second kappa shape index (κ2) is 5.48. The standard InChI is InChI=1S/C12H14N6OS/c13-7-9-10(14)18(12-15-3-6-20-12)17-11(9)16-8-1-4-19-5-2-8/h3,6,8H,1-2,4-5,14H2,(H,16,17). The molecule has 7 nitrogen and oxygen atoms in total. The monoisotopic (exact) mass is 290 g/mol. The van der Waals surface area contributed by atoms with Crippen LogP contribution >= 0.6 is 11.3 Å². The molecule has 1 aliphatic heterocycles. The molecule has 3 rings (SSSR count). The Balaban J connectivity index is 1.90. The van der Waals surface area contributed by atoms with E-state index in [1.165, 1.54) is 16.0 Å². The van der Waals surface area contributed by atoms with Gasteiger partial charge in [0.05, 0.1) is 0 Å². The van der Waals surface area contributed by atoms with E-state index in [1.807, 2.05) is 5.38 Å². The highest BCUT2D eigenvalue weighted by Gasteiger charge is 2.21. The lowest BCUT2D eigenvalue weighted by Crippen LogP contribution is -2.28. The van der Waals surface area contributed by atoms with Gasteiger partial charge in [-0.15, -0.1) is 16.4 Å². The molecule has 1 fully saturated rings. The molecule has 2 aromatic heterocycles. The van der Waals surface area contributed by atoms with E-state index in [4.69, 9.17) is 10.5 Å². The lowest BCUT2D eigenvalue weighted by molar-refractivity contribution is 0.0904. The van der Waals surface area contributed by atoms with Gasteiger partial charge >= 0.3 is 0 Å². The number of aromatic nitrogens is 3. The van der Waals surface area contributed by atoms with E-state index in [1.54, 1.807) is 6.20 Å². The third-order valence-corrected chi connectivity index (χ3v) is 3.94. The zero-order chi connectivity index (χ0) is 13.9. The Kier molecular flexibility index (Phi) is 3.54. The molecule has 0 aliphatic carbocycles. The van der Waals surface area contributed by atoms with E-state index in [0.29, 0.717) is 22.3 Å². The molecule has 0 unspecified atom stereocenters. The van der Waals surface area contributed by atoms with Crippen molar-refractivity contribution in [1.82, 2.24) is 14.8 Å². The Morgan fingerprint density at radius 2 is 2.30 bits per heavy atom. The van der Waals surface area contributed by atoms with Gasteiger partial charge in [0.15, 0.2) is 5.82 Å². The van der Waals surface area contributed by atoms with Crippen LogP contribution in [-0.4, -0.2) is 34.0 Å². The van der Waals surface area contributed by atoms with Crippen LogP contribution in [0.3, 0.4) is 0 Å². The maximum absolute atomic E-state index is 9.27. The van der Waals surface area contributed by atoms with Crippen molar-refractivity contribution in [1.29, 1.82) is 5.26 Å². The molecule has 0 atom stereocenters. The number of nitrogens with zero attached hydrogens (tertiary/aromatic N) is 4. The Morgan fingerprint density at radius 3 is 2.95 bits per heavy atom. The Labute approximate surface area is 120 Å². The number of ether oxygens (including phenoxy) is 1. The molecule has 104 valence electrons. The summed E-state index contributed by atoms with van der Waals surface area (Å²) in [5.74, 6) is 0.837. The fourth-order valence-corrected chi connectivity index (χ4v) is 2.75. The summed E-state index contributed by atoms with van der Waals surface area (Å²) < 4.78 is 6.82. The molecular formula is C12H14N6OS. The van der Waals surface area contributed by atoms with Gasteiger partial charge in [0.2, 0.25) is 5.13 Å². The Hall–Kier alpha value is -2.11. The summed E-state index contributed by atoms with van der Waals surface area (Å²) >= 11 is 1.42. The van der Waals surface area contributed by atoms with E-state index in [0.717, 1.165) is 26.1 Å². The zero-order valence-corrected chi connectivity index (χ0v) is 11.6. The van der Waals surface area contributed by atoms with Gasteiger partial charge < -0.3 is 15.8 Å². The van der Waals surface area contributed by atoms with Gasteiger partial charge in [0.25, 0.3) is 0 Å². The van der Waals surface area contributed by atoms with Crippen molar-refractivity contribution in [3.8, 4) is 11.2 Å². The van der Waals surface area contributed by atoms with Crippen LogP contribution in [-0.2, 0) is 4.74 Å². The van der Waals surface area contributed by atoms with Crippen molar-refractivity contribution in [3.05, 3.63) is 17.1 Å². The van der Waals surface area contributed by atoms with Gasteiger partial charge in [-0.25, -0.2) is 4.98 Å². The maximum Gasteiger partial charge on any atom is 0.212 e. The average molecular weight is 290 g/mol. The quantitative estimate of drug-likeness (QED) is 0.885. The number of hydrogen-bond acceptors (Lipinski definition) is 7. The van der Waals surface area contributed by atoms with Crippen molar-refractivity contribution in [3.63, 3.8) is 0 Å². The van der Waals surface area contributed by atoms with Crippen molar-refractivity contribution in [2.75, 3.05) is 24.3 Å². The fraction of sp³-hybridized carbons (Fsp3) is 0.417. The molecule has 2 aromatic rings. The highest BCUT2D eigenvalue weighted by molar-refractivity contribution is 7.12. The smallest absolute Gasteiger partial charge is 0.212 e. The van der Waals surface area contributed by atoms with E-state index in [2.05, 4.69) is 21.5 Å². The lowest BCUT2D eigenvalue weighted by atomic mass is 10.1. The molecule has 3 N–H and O–H groups in total. The number of nitrogens with two attached hydrogens (primary N) is 1. The van der Waals surface area contributed by atoms with Crippen LogP contribution in [0, 0.1) is 11.3 Å². The van der Waals surface area contributed by atoms with Crippen molar-refractivity contribution >= 4 is 23.0 Å². The summed E-state index contributed by atoms with van der Waals surface area (Å²) in [6.07, 6.45) is 3.47. The largest absolute Gasteiger partial charge is 0.382 e. The zero-order valence-electron chi connectivity index (χ0n) is 10.7. The molecule has 8 heteroatoms. The number of nitriles is 1. The molecule has 20 heavy (non-hydrogen) atoms. The average Bonchev–Trinajstić information content (AvgIpc) is 3.08. The molecule has 0 bridgehead atoms. The minimum absolute atomic E-state index is 0.259. The number of nitrogen functional groups attached to an aromatic ring is 1. The Morgan fingerprint density at radius 1 is 1.50 bits per heavy atom. The molecule has 1 saturated heterocycles. The Bertz CT molecular complexity index is 623. The van der Waals surface area contributed by atoms with Crippen LogP contribution in [0.1, 0.15) is 18.4 Å². The highest BCUT2D eigenvalue weighted by atomic mass is 32.1. The van der Waals surface area contributed by atoms with Crippen LogP contribution in [0.2, 0.25) is 0 Å². The van der Waals surface area contributed by atoms with Crippen LogP contribution in [0.5, 0.6) is 0 Å². The second-order valence-electron chi connectivity index (χ2n) is 4.48. The summed E-state index contributed by atoms with van der Waals surface area (Å²) in [7, 11) is 0. The fourth-order valence-electron chi connectivity index (χ4n) is 2.14. The van der Waals surface area contributed by atoms with Gasteiger partial charge in [-0.05, 0) is 12.8 Å². The molecule has 1 aliphatic rings. The maximum atomic E-state index is 9.27. The number of rotatable bonds is 3. The predicted molar refractivity (Wildman–Crippen MR) is 75.8 cm³/mol. The minimum Gasteiger partial charge on any atom is -0.382 e. The van der Waals surface area contributed by atoms with E-state index in [9.17, 15) is 5.26 Å². The first-order chi connectivity index (χ1) is 9.79. The summed E-state index contributed by atoms with van der Waals surface area (Å²) in [5, 5.41) is 19.4. The van der Waals surface area contributed by atoms with Crippen molar-refractivity contribution in [2.45, 2.75) is 18.9 Å². The van der Waals surface area contributed by atoms with Gasteiger partial charge in [-0.3, -0.25) is 0 Å². The summed E-state index contributed by atoms with van der Waals surface area (Å²) in [4.78, 5) is 4.16. The minimum atomic E-state index is 0.259. The molecule has 0 aromatic carbocycles. The first kappa shape index (κ1) is 12.9. The van der Waals surface area contributed by atoms with Crippen LogP contribution in [0.15, 0.2) is 11.6 Å². The van der Waals surface area contributed by atoms with E-state index < -0.39 is 0 Å². The molecule has 0 spiro atoms. The highest BCUT2D eigenvalue weighted by Crippen LogP contribution is 2.26. The van der Waals surface area contributed by atoms with Gasteiger partial charge in [-0.1, -0.05) is 0 Å². The summed E-state index contributed by atoms with van der Waals surface area (Å²) in [6, 6.07) is 2.37. The topological polar surface area (TPSA) is 102 Å². The van der Waals surface area contributed by atoms with E-state index in [-0.39, 0.29) is 6.04 Å². The van der Waals surface area contributed by atoms with Crippen molar-refractivity contribution < 1.29 is 4.74 Å². The van der Waals surface area contributed by atoms with Gasteiger partial charge in [-0.2, -0.15) is 9.94 Å². The number of hydrogen-bond donors (Lipinski definition) is 2. The third kappa shape index (κ3) is 2.33. The first-order valence-corrected chi connectivity index (χ1v) is 7.20. The third-order valence-electron chi connectivity index (χ3n) is 3.20. The van der Waals surface area contributed by atoms with Crippen LogP contribution < -0.4 is 11.1 Å². The number of thiazole rings is 1. The normalized spacial score (nSPS) is 15.9. The SMILES string of the molecule is N#Cc1c(NC2CCOCC2)nn(-c2nccs2)c1N. The summed E-state index contributed by atoms with van der Waals surface area (Å²) in [5.41, 5.74) is 6.36. The van der Waals surface area contributed by atoms with Gasteiger partial charge in [0, 0.05) is 30.8 Å². The second-order valence-corrected chi connectivity index (χ2v) is 5.35. The van der Waals surface area contributed by atoms with E-state index >= 15 is 0 Å². The number of anilines is 2.